The monoisotopic (exact) mass is 1230 g/mol. The molecule has 11 nitrogen and oxygen atoms in total. The van der Waals surface area contributed by atoms with Crippen LogP contribution in [0.15, 0.2) is 78.8 Å². The molecule has 1 atom stereocenters. The maximum absolute atomic E-state index is 14.4. The number of ether oxygens (including phenoxy) is 2. The predicted molar refractivity (Wildman–Crippen MR) is 355 cm³/mol. The van der Waals surface area contributed by atoms with E-state index in [4.69, 9.17) is 36.0 Å². The molecule has 0 amide bonds. The summed E-state index contributed by atoms with van der Waals surface area (Å²) in [4.78, 5) is 44.8. The minimum Gasteiger partial charge on any atom is -0.426 e. The molecule has 0 radical (unpaired) electrons. The summed E-state index contributed by atoms with van der Waals surface area (Å²) in [6.07, 6.45) is 13.7. The van der Waals surface area contributed by atoms with Crippen LogP contribution >= 0.6 is 36.9 Å². The normalized spacial score (nSPS) is 15.2. The summed E-state index contributed by atoms with van der Waals surface area (Å²) in [7, 11) is -7.90. The number of benzene rings is 5. The van der Waals surface area contributed by atoms with Crippen LogP contribution in [0.25, 0.3) is 33.1 Å². The van der Waals surface area contributed by atoms with Gasteiger partial charge in [0, 0.05) is 42.8 Å². The van der Waals surface area contributed by atoms with Gasteiger partial charge in [-0.3, -0.25) is 9.59 Å². The van der Waals surface area contributed by atoms with Crippen molar-refractivity contribution in [1.82, 2.24) is 0 Å². The van der Waals surface area contributed by atoms with Crippen molar-refractivity contribution in [1.29, 1.82) is 0 Å². The highest BCUT2D eigenvalue weighted by Gasteiger charge is 2.40. The van der Waals surface area contributed by atoms with Gasteiger partial charge in [0.15, 0.2) is 11.2 Å². The predicted octanol–water partition coefficient (Wildman–Crippen LogP) is 21.1. The fourth-order valence-corrected chi connectivity index (χ4v) is 14.1. The molecule has 2 heterocycles. The lowest BCUT2D eigenvalue weighted by Crippen LogP contribution is -2.26. The van der Waals surface area contributed by atoms with Crippen LogP contribution < -0.4 is 23.0 Å². The van der Waals surface area contributed by atoms with Gasteiger partial charge in [0.25, 0.3) is 0 Å². The van der Waals surface area contributed by atoms with Crippen LogP contribution in [0.5, 0.6) is 28.7 Å². The summed E-state index contributed by atoms with van der Waals surface area (Å²) in [5.74, 6) is 0.108. The summed E-state index contributed by atoms with van der Waals surface area (Å²) in [6, 6.07) is 20.2. The van der Waals surface area contributed by atoms with Gasteiger partial charge >= 0.3 is 34.8 Å². The minimum absolute atomic E-state index is 0.0103. The van der Waals surface area contributed by atoms with Crippen molar-refractivity contribution in [2.24, 2.45) is 10.8 Å². The van der Waals surface area contributed by atoms with Gasteiger partial charge < -0.3 is 36.0 Å². The molecule has 0 bridgehead atoms. The van der Waals surface area contributed by atoms with E-state index in [1.165, 1.54) is 11.1 Å². The molecule has 0 saturated carbocycles. The molecule has 1 aromatic heterocycles. The second kappa shape index (κ2) is 22.9. The van der Waals surface area contributed by atoms with Crippen molar-refractivity contribution >= 4 is 76.7 Å². The standard InChI is InChI=1S/C69H96O11P2S2/c1-39(2)41-29-46(40(3)4)56-51(30-41)61(70)80-82(75-56)77-58-50(36-45(38-53(58)67(14,15)16)74-63(72)69(20,21)22)49-35-44(73-62(71)68(17,18)19)37-52(66(11,12)13)57(49)76-81-78-59-47(31-42(64(5,6)7)33-54(59)83(23,24)25)48-32-43(65(8,9)10)34-55(60(48)79-81)84(26,27)28/h29-40H,1-28H3. The second-order valence-electron chi connectivity index (χ2n) is 30.9. The van der Waals surface area contributed by atoms with E-state index in [-0.39, 0.29) is 39.9 Å². The summed E-state index contributed by atoms with van der Waals surface area (Å²) < 4.78 is 55.5. The average Bonchev–Trinajstić information content (AvgIpc) is 1.88. The Balaban J connectivity index is 1.69. The third kappa shape index (κ3) is 14.5. The van der Waals surface area contributed by atoms with Crippen LogP contribution in [0.4, 0.5) is 0 Å². The molecular formula is C69H96O11P2S2. The molecule has 460 valence electrons. The van der Waals surface area contributed by atoms with Gasteiger partial charge in [0.1, 0.15) is 34.3 Å². The molecule has 1 unspecified atom stereocenters. The first-order chi connectivity index (χ1) is 38.0. The van der Waals surface area contributed by atoms with Crippen molar-refractivity contribution in [3.05, 3.63) is 99.6 Å². The quantitative estimate of drug-likeness (QED) is 0.0697. The Morgan fingerprint density at radius 3 is 1.23 bits per heavy atom. The zero-order valence-corrected chi connectivity index (χ0v) is 59.1. The van der Waals surface area contributed by atoms with Crippen LogP contribution in [0, 0.1) is 10.8 Å². The Kier molecular flexibility index (Phi) is 18.1. The molecule has 5 aromatic carbocycles. The molecule has 0 saturated heterocycles. The molecule has 0 fully saturated rings. The smallest absolute Gasteiger partial charge is 0.426 e. The number of hydrogen-bond acceptors (Lipinski definition) is 11. The highest BCUT2D eigenvalue weighted by Crippen LogP contribution is 2.60. The summed E-state index contributed by atoms with van der Waals surface area (Å²) in [5.41, 5.74) is 4.31. The van der Waals surface area contributed by atoms with E-state index >= 15 is 0 Å². The van der Waals surface area contributed by atoms with Gasteiger partial charge in [-0.05, 0) is 189 Å². The van der Waals surface area contributed by atoms with Crippen LogP contribution in [0.3, 0.4) is 0 Å². The molecule has 6 aromatic rings. The van der Waals surface area contributed by atoms with Gasteiger partial charge in [-0.2, -0.15) is 0 Å². The molecule has 1 aliphatic heterocycles. The molecule has 0 spiro atoms. The Hall–Kier alpha value is -5.06. The lowest BCUT2D eigenvalue weighted by Gasteiger charge is -2.31. The first kappa shape index (κ1) is 66.5. The fraction of sp³-hybridized carbons (Fsp3) is 0.522. The van der Waals surface area contributed by atoms with E-state index in [9.17, 15) is 14.4 Å². The topological polar surface area (TPSA) is 133 Å². The minimum atomic E-state index is -2.49. The highest BCUT2D eigenvalue weighted by atomic mass is 32.3. The third-order valence-corrected chi connectivity index (χ3v) is 20.0. The number of fused-ring (bicyclic) bond motifs is 4. The summed E-state index contributed by atoms with van der Waals surface area (Å²) in [5, 5.41) is 1.87. The second-order valence-corrected chi connectivity index (χ2v) is 41.1. The number of rotatable bonds is 11. The Morgan fingerprint density at radius 1 is 0.476 bits per heavy atom. The van der Waals surface area contributed by atoms with E-state index in [2.05, 4.69) is 158 Å². The van der Waals surface area contributed by atoms with Gasteiger partial charge in [0.2, 0.25) is 0 Å². The van der Waals surface area contributed by atoms with E-state index in [0.717, 1.165) is 31.7 Å². The van der Waals surface area contributed by atoms with E-state index < -0.39 is 76.5 Å². The lowest BCUT2D eigenvalue weighted by atomic mass is 9.81. The van der Waals surface area contributed by atoms with Crippen molar-refractivity contribution in [2.45, 2.75) is 196 Å². The molecule has 15 heteroatoms. The fourth-order valence-electron chi connectivity index (χ4n) is 9.41. The first-order valence-corrected chi connectivity index (χ1v) is 36.9. The Morgan fingerprint density at radius 2 is 0.881 bits per heavy atom. The largest absolute Gasteiger partial charge is 0.532 e. The Labute approximate surface area is 507 Å². The Bertz CT molecular complexity index is 3510. The van der Waals surface area contributed by atoms with E-state index in [1.807, 2.05) is 53.7 Å². The van der Waals surface area contributed by atoms with Crippen LogP contribution in [-0.2, 0) is 35.8 Å². The van der Waals surface area contributed by atoms with Crippen LogP contribution in [0.1, 0.15) is 208 Å². The van der Waals surface area contributed by atoms with Crippen LogP contribution in [-0.4, -0.2) is 55.4 Å². The van der Waals surface area contributed by atoms with Gasteiger partial charge in [0.05, 0.1) is 10.8 Å². The van der Waals surface area contributed by atoms with Gasteiger partial charge in [-0.15, -0.1) is 0 Å². The molecule has 0 N–H and O–H groups in total. The van der Waals surface area contributed by atoms with Gasteiger partial charge in [-0.25, -0.2) is 24.9 Å². The molecular weight excluding hydrogens is 1130 g/mol. The number of hydrogen-bond donors (Lipinski definition) is 0. The van der Waals surface area contributed by atoms with Crippen molar-refractivity contribution in [2.75, 3.05) is 37.5 Å². The van der Waals surface area contributed by atoms with E-state index in [1.54, 1.807) is 39.0 Å². The van der Waals surface area contributed by atoms with Crippen molar-refractivity contribution in [3.8, 4) is 39.9 Å². The third-order valence-electron chi connectivity index (χ3n) is 14.8. The zero-order valence-electron chi connectivity index (χ0n) is 55.6. The average molecular weight is 1230 g/mol. The maximum atomic E-state index is 14.4. The van der Waals surface area contributed by atoms with E-state index in [0.29, 0.717) is 50.5 Å². The zero-order chi connectivity index (χ0) is 63.3. The van der Waals surface area contributed by atoms with Gasteiger partial charge in [-0.1, -0.05) is 117 Å². The number of carbonyl (C=O) groups excluding carboxylic acids is 3. The number of esters is 2. The maximum Gasteiger partial charge on any atom is 0.532 e. The lowest BCUT2D eigenvalue weighted by molar-refractivity contribution is -0.143. The highest BCUT2D eigenvalue weighted by molar-refractivity contribution is 8.32. The molecule has 1 aliphatic rings. The summed E-state index contributed by atoms with van der Waals surface area (Å²) >= 11 is 0. The number of carbonyl (C=O) groups is 3. The van der Waals surface area contributed by atoms with Crippen molar-refractivity contribution in [3.63, 3.8) is 0 Å². The van der Waals surface area contributed by atoms with Crippen molar-refractivity contribution < 1.29 is 50.3 Å². The molecule has 7 rings (SSSR count). The SMILES string of the molecule is CC(C)c1cc2c(c(C(C)C)c1)OP(Oc1c(-c3cc(OC(=O)C(C)(C)C)cc(C(C)(C)C)c3Op3oc4c(S(C)(C)C)cc(C(C)(C)C)cc4c4cc(C(C)(C)C)cc(S(C)(C)C)c4o3)cc(OC(=O)C(C)(C)C)cc1C(C)(C)C)OC2=O. The first-order valence-electron chi connectivity index (χ1n) is 29.0. The molecule has 0 aliphatic carbocycles. The van der Waals surface area contributed by atoms with Crippen LogP contribution in [0.2, 0.25) is 0 Å². The molecule has 84 heavy (non-hydrogen) atoms. The summed E-state index contributed by atoms with van der Waals surface area (Å²) in [6.45, 7) is 44.9.